The number of hydrogen-bond donors (Lipinski definition) is 1. The molecule has 0 radical (unpaired) electrons. The molecular weight excluding hydrogens is 578 g/mol. The summed E-state index contributed by atoms with van der Waals surface area (Å²) in [5.41, 5.74) is 1.15. The average molecular weight is 611 g/mol. The van der Waals surface area contributed by atoms with E-state index >= 15 is 8.78 Å². The van der Waals surface area contributed by atoms with Gasteiger partial charge in [0.2, 0.25) is 5.91 Å². The second-order valence-electron chi connectivity index (χ2n) is 11.5. The summed E-state index contributed by atoms with van der Waals surface area (Å²) >= 11 is 0.955. The number of alkyl halides is 2. The number of sulfone groups is 1. The van der Waals surface area contributed by atoms with Crippen LogP contribution in [0.5, 0.6) is 0 Å². The van der Waals surface area contributed by atoms with Gasteiger partial charge in [-0.2, -0.15) is 14.0 Å². The monoisotopic (exact) mass is 610 g/mol. The van der Waals surface area contributed by atoms with E-state index in [0.717, 1.165) is 35.4 Å². The lowest BCUT2D eigenvalue weighted by Gasteiger charge is -2.31. The van der Waals surface area contributed by atoms with Crippen molar-refractivity contribution in [3.05, 3.63) is 70.9 Å². The van der Waals surface area contributed by atoms with Crippen molar-refractivity contribution in [1.82, 2.24) is 10.3 Å². The Kier molecular flexibility index (Phi) is 7.56. The SMILES string of the molecule is N#CC1(NC(=O)C2CCCCC2c2nc(C(F)(F)c3ccccc3)sc2-c2ccc(N3CCS(=O)(=O)CC3)cc2)CC1. The number of amides is 1. The standard InChI is InChI=1S/C31H32F2N4O3S2/c32-31(33,22-6-2-1-3-7-22)29-35-26(24-8-4-5-9-25(24)28(38)36-30(20-34)14-15-30)27(41-29)21-10-12-23(13-11-21)37-16-18-42(39,40)19-17-37/h1-3,6-7,10-13,24-25H,4-5,8-9,14-19H2,(H,36,38). The van der Waals surface area contributed by atoms with E-state index in [1.807, 2.05) is 29.2 Å². The summed E-state index contributed by atoms with van der Waals surface area (Å²) < 4.78 is 55.4. The maximum atomic E-state index is 15.8. The van der Waals surface area contributed by atoms with Crippen molar-refractivity contribution in [3.63, 3.8) is 0 Å². The molecule has 42 heavy (non-hydrogen) atoms. The average Bonchev–Trinajstić information content (AvgIpc) is 3.63. The summed E-state index contributed by atoms with van der Waals surface area (Å²) in [5, 5.41) is 12.2. The van der Waals surface area contributed by atoms with Gasteiger partial charge in [-0.05, 0) is 43.4 Å². The highest BCUT2D eigenvalue weighted by atomic mass is 32.2. The van der Waals surface area contributed by atoms with Crippen LogP contribution in [0.15, 0.2) is 54.6 Å². The van der Waals surface area contributed by atoms with Crippen LogP contribution in [0.1, 0.15) is 60.7 Å². The Morgan fingerprint density at radius 1 is 1.05 bits per heavy atom. The number of hydrogen-bond acceptors (Lipinski definition) is 7. The third kappa shape index (κ3) is 5.66. The van der Waals surface area contributed by atoms with Crippen molar-refractivity contribution in [1.29, 1.82) is 5.26 Å². The van der Waals surface area contributed by atoms with Crippen LogP contribution in [0.2, 0.25) is 0 Å². The third-order valence-electron chi connectivity index (χ3n) is 8.68. The molecule has 1 N–H and O–H groups in total. The number of aromatic nitrogens is 1. The Morgan fingerprint density at radius 3 is 2.36 bits per heavy atom. The molecule has 11 heteroatoms. The maximum Gasteiger partial charge on any atom is 0.324 e. The first kappa shape index (κ1) is 28.7. The number of carbonyl (C=O) groups is 1. The Hall–Kier alpha value is -3.36. The van der Waals surface area contributed by atoms with Crippen molar-refractivity contribution in [3.8, 4) is 16.5 Å². The van der Waals surface area contributed by atoms with Crippen LogP contribution in [-0.2, 0) is 20.6 Å². The second kappa shape index (κ2) is 11.0. The van der Waals surface area contributed by atoms with Crippen molar-refractivity contribution in [2.24, 2.45) is 5.92 Å². The van der Waals surface area contributed by atoms with E-state index in [4.69, 9.17) is 0 Å². The number of anilines is 1. The zero-order valence-electron chi connectivity index (χ0n) is 23.1. The smallest absolute Gasteiger partial charge is 0.324 e. The molecule has 3 aliphatic rings. The van der Waals surface area contributed by atoms with Crippen LogP contribution in [0.4, 0.5) is 14.5 Å². The highest BCUT2D eigenvalue weighted by Crippen LogP contribution is 2.48. The number of nitriles is 1. The first-order chi connectivity index (χ1) is 20.1. The summed E-state index contributed by atoms with van der Waals surface area (Å²) in [6.07, 6.45) is 4.20. The van der Waals surface area contributed by atoms with Gasteiger partial charge in [-0.1, -0.05) is 55.3 Å². The van der Waals surface area contributed by atoms with Crippen LogP contribution in [0.25, 0.3) is 10.4 Å². The van der Waals surface area contributed by atoms with E-state index in [1.54, 1.807) is 18.2 Å². The maximum absolute atomic E-state index is 15.8. The minimum absolute atomic E-state index is 0.101. The number of benzene rings is 2. The first-order valence-electron chi connectivity index (χ1n) is 14.3. The first-order valence-corrected chi connectivity index (χ1v) is 17.0. The fourth-order valence-electron chi connectivity index (χ4n) is 5.98. The van der Waals surface area contributed by atoms with Gasteiger partial charge in [-0.15, -0.1) is 11.3 Å². The summed E-state index contributed by atoms with van der Waals surface area (Å²) in [5.74, 6) is -4.13. The van der Waals surface area contributed by atoms with E-state index < -0.39 is 27.2 Å². The summed E-state index contributed by atoms with van der Waals surface area (Å²) in [6, 6.07) is 17.4. The normalized spacial score (nSPS) is 23.1. The fourth-order valence-corrected chi connectivity index (χ4v) is 8.32. The topological polar surface area (TPSA) is 103 Å². The molecular formula is C31H32F2N4O3S2. The van der Waals surface area contributed by atoms with Gasteiger partial charge in [0, 0.05) is 36.2 Å². The van der Waals surface area contributed by atoms with E-state index in [0.29, 0.717) is 49.3 Å². The number of halogens is 2. The van der Waals surface area contributed by atoms with Gasteiger partial charge in [0.25, 0.3) is 0 Å². The van der Waals surface area contributed by atoms with Gasteiger partial charge in [0.1, 0.15) is 5.54 Å². The van der Waals surface area contributed by atoms with Crippen LogP contribution in [0, 0.1) is 17.2 Å². The van der Waals surface area contributed by atoms with Crippen molar-refractivity contribution < 1.29 is 22.0 Å². The molecule has 2 saturated carbocycles. The molecule has 0 spiro atoms. The number of rotatable bonds is 7. The Bertz CT molecular complexity index is 1600. The van der Waals surface area contributed by atoms with Crippen molar-refractivity contribution in [2.75, 3.05) is 29.5 Å². The van der Waals surface area contributed by atoms with Crippen molar-refractivity contribution in [2.45, 2.75) is 55.9 Å². The highest BCUT2D eigenvalue weighted by molar-refractivity contribution is 7.91. The van der Waals surface area contributed by atoms with E-state index in [9.17, 15) is 18.5 Å². The molecule has 6 rings (SSSR count). The van der Waals surface area contributed by atoms with E-state index in [-0.39, 0.29) is 33.9 Å². The predicted octanol–water partition coefficient (Wildman–Crippen LogP) is 5.63. The van der Waals surface area contributed by atoms with E-state index in [2.05, 4.69) is 16.4 Å². The molecule has 1 amide bonds. The minimum Gasteiger partial charge on any atom is -0.369 e. The van der Waals surface area contributed by atoms with Gasteiger partial charge in [0.15, 0.2) is 14.8 Å². The fraction of sp³-hybridized carbons (Fsp3) is 0.452. The second-order valence-corrected chi connectivity index (χ2v) is 14.8. The third-order valence-corrected chi connectivity index (χ3v) is 11.5. The highest BCUT2D eigenvalue weighted by Gasteiger charge is 2.47. The Labute approximate surface area is 248 Å². The molecule has 7 nitrogen and oxygen atoms in total. The number of nitrogens with zero attached hydrogens (tertiary/aromatic N) is 3. The molecule has 3 fully saturated rings. The number of nitrogens with one attached hydrogen (secondary N) is 1. The predicted molar refractivity (Wildman–Crippen MR) is 158 cm³/mol. The van der Waals surface area contributed by atoms with Gasteiger partial charge < -0.3 is 10.2 Å². The molecule has 1 aromatic heterocycles. The molecule has 220 valence electrons. The van der Waals surface area contributed by atoms with Gasteiger partial charge >= 0.3 is 5.92 Å². The zero-order chi connectivity index (χ0) is 29.5. The molecule has 2 aromatic carbocycles. The quantitative estimate of drug-likeness (QED) is 0.372. The zero-order valence-corrected chi connectivity index (χ0v) is 24.7. The molecule has 1 aliphatic heterocycles. The Morgan fingerprint density at radius 2 is 1.71 bits per heavy atom. The Balaban J connectivity index is 1.37. The minimum atomic E-state index is -3.32. The molecule has 2 unspecified atom stereocenters. The lowest BCUT2D eigenvalue weighted by Crippen LogP contribution is -2.42. The summed E-state index contributed by atoms with van der Waals surface area (Å²) in [6.45, 7) is 0.813. The number of thiazole rings is 1. The largest absolute Gasteiger partial charge is 0.369 e. The molecule has 1 saturated heterocycles. The van der Waals surface area contributed by atoms with E-state index in [1.165, 1.54) is 12.1 Å². The lowest BCUT2D eigenvalue weighted by atomic mass is 9.76. The molecule has 2 aliphatic carbocycles. The van der Waals surface area contributed by atoms with Crippen LogP contribution in [-0.4, -0.2) is 49.4 Å². The summed E-state index contributed by atoms with van der Waals surface area (Å²) in [7, 11) is -3.02. The molecule has 3 aromatic rings. The van der Waals surface area contributed by atoms with Gasteiger partial charge in [-0.3, -0.25) is 4.79 Å². The van der Waals surface area contributed by atoms with Crippen LogP contribution >= 0.6 is 11.3 Å². The van der Waals surface area contributed by atoms with Gasteiger partial charge in [0.05, 0.1) is 28.1 Å². The lowest BCUT2D eigenvalue weighted by molar-refractivity contribution is -0.127. The molecule has 2 heterocycles. The summed E-state index contributed by atoms with van der Waals surface area (Å²) in [4.78, 5) is 20.7. The van der Waals surface area contributed by atoms with Gasteiger partial charge in [-0.25, -0.2) is 13.4 Å². The molecule has 0 bridgehead atoms. The van der Waals surface area contributed by atoms with Crippen molar-refractivity contribution >= 4 is 32.8 Å². The molecule has 2 atom stereocenters. The van der Waals surface area contributed by atoms with Crippen LogP contribution < -0.4 is 10.2 Å². The van der Waals surface area contributed by atoms with Crippen LogP contribution in [0.3, 0.4) is 0 Å². The number of carbonyl (C=O) groups excluding carboxylic acids is 1.